The van der Waals surface area contributed by atoms with Crippen molar-refractivity contribution in [1.29, 1.82) is 0 Å². The topological polar surface area (TPSA) is 69.1 Å². The second-order valence-corrected chi connectivity index (χ2v) is 5.42. The van der Waals surface area contributed by atoms with Crippen LogP contribution in [0, 0.1) is 5.92 Å². The summed E-state index contributed by atoms with van der Waals surface area (Å²) in [6.45, 7) is 2.78. The van der Waals surface area contributed by atoms with E-state index in [1.807, 2.05) is 11.8 Å². The number of carbonyl (C=O) groups excluding carboxylic acids is 1. The van der Waals surface area contributed by atoms with E-state index in [1.54, 1.807) is 0 Å². The van der Waals surface area contributed by atoms with Crippen molar-refractivity contribution in [2.24, 2.45) is 11.0 Å². The fourth-order valence-corrected chi connectivity index (χ4v) is 3.10. The van der Waals surface area contributed by atoms with Gasteiger partial charge in [0.25, 0.3) is 0 Å². The van der Waals surface area contributed by atoms with Crippen molar-refractivity contribution in [2.45, 2.75) is 57.9 Å². The van der Waals surface area contributed by atoms with Crippen molar-refractivity contribution in [3.8, 4) is 0 Å². The zero-order valence-corrected chi connectivity index (χ0v) is 11.6. The monoisotopic (exact) mass is 262 g/mol. The van der Waals surface area contributed by atoms with Gasteiger partial charge in [-0.25, -0.2) is 0 Å². The molecule has 0 saturated carbocycles. The van der Waals surface area contributed by atoms with Gasteiger partial charge in [0.15, 0.2) is 0 Å². The van der Waals surface area contributed by atoms with E-state index in [0.717, 1.165) is 19.4 Å². The Morgan fingerprint density at radius 2 is 2.37 bits per heavy atom. The highest BCUT2D eigenvalue weighted by atomic mass is 16.2. The second kappa shape index (κ2) is 6.62. The molecule has 0 N–H and O–H groups in total. The molecule has 1 amide bonds. The van der Waals surface area contributed by atoms with Gasteiger partial charge < -0.3 is 4.90 Å². The summed E-state index contributed by atoms with van der Waals surface area (Å²) in [4.78, 5) is 17.2. The average molecular weight is 262 g/mol. The highest BCUT2D eigenvalue weighted by molar-refractivity contribution is 5.79. The fraction of sp³-hybridized carbons (Fsp3) is 0.786. The summed E-state index contributed by atoms with van der Waals surface area (Å²) in [5, 5.41) is 3.70. The van der Waals surface area contributed by atoms with Crippen molar-refractivity contribution in [3.63, 3.8) is 0 Å². The van der Waals surface area contributed by atoms with Gasteiger partial charge in [0.2, 0.25) is 5.91 Å². The molecular weight excluding hydrogens is 240 g/mol. The number of hydrogen-bond acceptors (Lipinski definition) is 2. The Bertz CT molecular complexity index is 412. The second-order valence-electron chi connectivity index (χ2n) is 5.42. The first-order valence-electron chi connectivity index (χ1n) is 7.31. The molecule has 0 aromatic carbocycles. The average Bonchev–Trinajstić information content (AvgIpc) is 2.46. The number of amides is 1. The summed E-state index contributed by atoms with van der Waals surface area (Å²) in [5.74, 6) is 0.697. The summed E-state index contributed by atoms with van der Waals surface area (Å²) in [6, 6.07) is -0.206. The molecule has 104 valence electrons. The molecule has 1 aliphatic carbocycles. The highest BCUT2D eigenvalue weighted by Gasteiger charge is 2.30. The number of fused-ring (bicyclic) bond motifs is 1. The number of azide groups is 1. The predicted molar refractivity (Wildman–Crippen MR) is 74.2 cm³/mol. The van der Waals surface area contributed by atoms with Gasteiger partial charge in [-0.05, 0) is 50.0 Å². The van der Waals surface area contributed by atoms with Crippen LogP contribution in [0.4, 0.5) is 0 Å². The molecule has 0 spiro atoms. The molecule has 5 heteroatoms. The molecule has 1 heterocycles. The Morgan fingerprint density at radius 3 is 3.11 bits per heavy atom. The SMILES string of the molecule is CCC(CC(=O)N1CCCC2CCCC=C21)N=[N+]=[N-]. The van der Waals surface area contributed by atoms with Crippen molar-refractivity contribution < 1.29 is 4.79 Å². The van der Waals surface area contributed by atoms with Gasteiger partial charge in [-0.15, -0.1) is 0 Å². The standard InChI is InChI=1S/C14H22N4O/c1-2-12(16-17-15)10-14(19)18-9-5-7-11-6-3-4-8-13(11)18/h8,11-12H,2-7,9-10H2,1H3. The molecule has 5 nitrogen and oxygen atoms in total. The van der Waals surface area contributed by atoms with Crippen molar-refractivity contribution in [1.82, 2.24) is 4.90 Å². The zero-order chi connectivity index (χ0) is 13.7. The molecule has 19 heavy (non-hydrogen) atoms. The zero-order valence-electron chi connectivity index (χ0n) is 11.6. The molecule has 2 rings (SSSR count). The van der Waals surface area contributed by atoms with Gasteiger partial charge >= 0.3 is 0 Å². The first-order valence-corrected chi connectivity index (χ1v) is 7.31. The van der Waals surface area contributed by atoms with Crippen LogP contribution in [0.5, 0.6) is 0 Å². The molecular formula is C14H22N4O. The van der Waals surface area contributed by atoms with E-state index in [9.17, 15) is 4.79 Å². The lowest BCUT2D eigenvalue weighted by Gasteiger charge is -2.38. The first kappa shape index (κ1) is 13.9. The lowest BCUT2D eigenvalue weighted by molar-refractivity contribution is -0.131. The Kier molecular flexibility index (Phi) is 4.86. The number of hydrogen-bond donors (Lipinski definition) is 0. The largest absolute Gasteiger partial charge is 0.316 e. The minimum absolute atomic E-state index is 0.122. The summed E-state index contributed by atoms with van der Waals surface area (Å²) in [6.07, 6.45) is 9.13. The van der Waals surface area contributed by atoms with Gasteiger partial charge in [-0.1, -0.05) is 18.1 Å². The third-order valence-corrected chi connectivity index (χ3v) is 4.17. The molecule has 0 aromatic rings. The summed E-state index contributed by atoms with van der Waals surface area (Å²) >= 11 is 0. The van der Waals surface area contributed by atoms with E-state index < -0.39 is 0 Å². The van der Waals surface area contributed by atoms with E-state index in [2.05, 4.69) is 16.1 Å². The number of rotatable bonds is 4. The van der Waals surface area contributed by atoms with E-state index in [1.165, 1.54) is 25.0 Å². The van der Waals surface area contributed by atoms with Crippen LogP contribution in [0.25, 0.3) is 10.4 Å². The first-order chi connectivity index (χ1) is 9.26. The van der Waals surface area contributed by atoms with E-state index in [0.29, 0.717) is 18.8 Å². The van der Waals surface area contributed by atoms with Gasteiger partial charge in [0.05, 0.1) is 0 Å². The normalized spacial score (nSPS) is 23.9. The number of likely N-dealkylation sites (tertiary alicyclic amines) is 1. The molecule has 2 unspecified atom stereocenters. The van der Waals surface area contributed by atoms with Crippen LogP contribution in [-0.4, -0.2) is 23.4 Å². The minimum Gasteiger partial charge on any atom is -0.316 e. The van der Waals surface area contributed by atoms with E-state index >= 15 is 0 Å². The molecule has 2 atom stereocenters. The Hall–Kier alpha value is -1.48. The third-order valence-electron chi connectivity index (χ3n) is 4.17. The van der Waals surface area contributed by atoms with E-state index in [-0.39, 0.29) is 11.9 Å². The van der Waals surface area contributed by atoms with Crippen LogP contribution in [0.3, 0.4) is 0 Å². The van der Waals surface area contributed by atoms with Crippen LogP contribution in [0.1, 0.15) is 51.9 Å². The Balaban J connectivity index is 2.05. The highest BCUT2D eigenvalue weighted by Crippen LogP contribution is 2.35. The van der Waals surface area contributed by atoms with Crippen molar-refractivity contribution in [2.75, 3.05) is 6.54 Å². The maximum Gasteiger partial charge on any atom is 0.227 e. The fourth-order valence-electron chi connectivity index (χ4n) is 3.10. The van der Waals surface area contributed by atoms with Gasteiger partial charge in [-0.2, -0.15) is 0 Å². The van der Waals surface area contributed by atoms with E-state index in [4.69, 9.17) is 5.53 Å². The number of nitrogens with zero attached hydrogens (tertiary/aromatic N) is 4. The Morgan fingerprint density at radius 1 is 1.58 bits per heavy atom. The third kappa shape index (κ3) is 3.29. The predicted octanol–water partition coefficient (Wildman–Crippen LogP) is 3.77. The number of allylic oxidation sites excluding steroid dienone is 2. The molecule has 1 aliphatic heterocycles. The van der Waals surface area contributed by atoms with Crippen LogP contribution in [0.15, 0.2) is 16.9 Å². The Labute approximate surface area is 114 Å². The molecule has 0 radical (unpaired) electrons. The van der Waals surface area contributed by atoms with Gasteiger partial charge in [0, 0.05) is 29.6 Å². The quantitative estimate of drug-likeness (QED) is 0.432. The van der Waals surface area contributed by atoms with Crippen LogP contribution >= 0.6 is 0 Å². The van der Waals surface area contributed by atoms with Gasteiger partial charge in [0.1, 0.15) is 0 Å². The number of carbonyl (C=O) groups is 1. The summed E-state index contributed by atoms with van der Waals surface area (Å²) < 4.78 is 0. The molecule has 2 aliphatic rings. The maximum atomic E-state index is 12.4. The van der Waals surface area contributed by atoms with Crippen LogP contribution in [0.2, 0.25) is 0 Å². The molecule has 1 saturated heterocycles. The minimum atomic E-state index is -0.206. The molecule has 1 fully saturated rings. The lowest BCUT2D eigenvalue weighted by atomic mass is 9.84. The maximum absolute atomic E-state index is 12.4. The van der Waals surface area contributed by atoms with Gasteiger partial charge in [-0.3, -0.25) is 4.79 Å². The molecule has 0 bridgehead atoms. The lowest BCUT2D eigenvalue weighted by Crippen LogP contribution is -2.40. The summed E-state index contributed by atoms with van der Waals surface area (Å²) in [7, 11) is 0. The smallest absolute Gasteiger partial charge is 0.227 e. The number of piperidine rings is 1. The van der Waals surface area contributed by atoms with Crippen molar-refractivity contribution >= 4 is 5.91 Å². The van der Waals surface area contributed by atoms with Crippen molar-refractivity contribution in [3.05, 3.63) is 22.2 Å². The summed E-state index contributed by atoms with van der Waals surface area (Å²) in [5.41, 5.74) is 9.73. The molecule has 0 aromatic heterocycles. The van der Waals surface area contributed by atoms with Crippen LogP contribution < -0.4 is 0 Å². The van der Waals surface area contributed by atoms with Crippen LogP contribution in [-0.2, 0) is 4.79 Å².